The van der Waals surface area contributed by atoms with Crippen LogP contribution in [-0.2, 0) is 16.1 Å². The molecule has 0 aromatic carbocycles. The van der Waals surface area contributed by atoms with Crippen molar-refractivity contribution in [3.8, 4) is 0 Å². The summed E-state index contributed by atoms with van der Waals surface area (Å²) < 4.78 is 0. The van der Waals surface area contributed by atoms with E-state index in [0.29, 0.717) is 19.6 Å². The average Bonchev–Trinajstić information content (AvgIpc) is 2.46. The molecule has 1 aliphatic rings. The molecule has 2 amide bonds. The van der Waals surface area contributed by atoms with Crippen molar-refractivity contribution in [3.63, 3.8) is 0 Å². The summed E-state index contributed by atoms with van der Waals surface area (Å²) in [5, 5.41) is 2.62. The molecular weight excluding hydrogens is 244 g/mol. The minimum absolute atomic E-state index is 0.326. The lowest BCUT2D eigenvalue weighted by atomic mass is 10.3. The number of rotatable bonds is 2. The fourth-order valence-electron chi connectivity index (χ4n) is 1.91. The van der Waals surface area contributed by atoms with Crippen molar-refractivity contribution in [2.24, 2.45) is 0 Å². The molecule has 1 fully saturated rings. The van der Waals surface area contributed by atoms with Gasteiger partial charge in [-0.3, -0.25) is 14.6 Å². The van der Waals surface area contributed by atoms with Crippen LogP contribution in [0.3, 0.4) is 0 Å². The Labute approximate surface area is 112 Å². The number of pyridine rings is 1. The standard InChI is InChI=1S/C13H18N4O2/c1-16-5-7-17(8-6-16)13(19)12(18)15-10-11-3-2-4-14-9-11/h2-4,9H,5-8,10H2,1H3,(H,15,18). The molecule has 2 heterocycles. The highest BCUT2D eigenvalue weighted by atomic mass is 16.2. The Morgan fingerprint density at radius 1 is 1.32 bits per heavy atom. The third-order valence-electron chi connectivity index (χ3n) is 3.16. The highest BCUT2D eigenvalue weighted by molar-refractivity contribution is 6.34. The van der Waals surface area contributed by atoms with Gasteiger partial charge >= 0.3 is 11.8 Å². The Bertz CT molecular complexity index is 441. The lowest BCUT2D eigenvalue weighted by Gasteiger charge is -2.31. The van der Waals surface area contributed by atoms with Crippen LogP contribution in [0.15, 0.2) is 24.5 Å². The summed E-state index contributed by atoms with van der Waals surface area (Å²) in [6.45, 7) is 3.15. The van der Waals surface area contributed by atoms with Crippen molar-refractivity contribution in [1.82, 2.24) is 20.1 Å². The number of nitrogens with zero attached hydrogens (tertiary/aromatic N) is 3. The van der Waals surface area contributed by atoms with E-state index >= 15 is 0 Å². The Hall–Kier alpha value is -1.95. The smallest absolute Gasteiger partial charge is 0.311 e. The number of hydrogen-bond donors (Lipinski definition) is 1. The van der Waals surface area contributed by atoms with Gasteiger partial charge in [-0.2, -0.15) is 0 Å². The van der Waals surface area contributed by atoms with Crippen molar-refractivity contribution in [2.45, 2.75) is 6.54 Å². The van der Waals surface area contributed by atoms with Crippen LogP contribution in [0, 0.1) is 0 Å². The maximum atomic E-state index is 11.9. The van der Waals surface area contributed by atoms with E-state index in [4.69, 9.17) is 0 Å². The summed E-state index contributed by atoms with van der Waals surface area (Å²) in [6.07, 6.45) is 3.33. The monoisotopic (exact) mass is 262 g/mol. The van der Waals surface area contributed by atoms with Crippen LogP contribution in [0.5, 0.6) is 0 Å². The minimum atomic E-state index is -0.548. The molecule has 1 N–H and O–H groups in total. The van der Waals surface area contributed by atoms with Gasteiger partial charge in [0.1, 0.15) is 0 Å². The van der Waals surface area contributed by atoms with E-state index in [1.807, 2.05) is 13.1 Å². The second-order valence-corrected chi connectivity index (χ2v) is 4.64. The lowest BCUT2D eigenvalue weighted by Crippen LogP contribution is -2.51. The summed E-state index contributed by atoms with van der Waals surface area (Å²) in [4.78, 5) is 31.4. The molecule has 2 rings (SSSR count). The second-order valence-electron chi connectivity index (χ2n) is 4.64. The van der Waals surface area contributed by atoms with Gasteiger partial charge in [-0.15, -0.1) is 0 Å². The summed E-state index contributed by atoms with van der Waals surface area (Å²) in [7, 11) is 2.00. The first kappa shape index (κ1) is 13.5. The van der Waals surface area contributed by atoms with Gasteiger partial charge in [-0.05, 0) is 18.7 Å². The molecule has 19 heavy (non-hydrogen) atoms. The van der Waals surface area contributed by atoms with Crippen molar-refractivity contribution < 1.29 is 9.59 Å². The Balaban J connectivity index is 1.81. The van der Waals surface area contributed by atoms with Gasteiger partial charge in [0.2, 0.25) is 0 Å². The Morgan fingerprint density at radius 3 is 2.68 bits per heavy atom. The van der Waals surface area contributed by atoms with Crippen molar-refractivity contribution in [1.29, 1.82) is 0 Å². The number of carbonyl (C=O) groups is 2. The zero-order valence-electron chi connectivity index (χ0n) is 11.0. The predicted octanol–water partition coefficient (Wildman–Crippen LogP) is -0.528. The molecule has 0 saturated carbocycles. The zero-order chi connectivity index (χ0) is 13.7. The first-order valence-corrected chi connectivity index (χ1v) is 6.31. The molecule has 0 spiro atoms. The Morgan fingerprint density at radius 2 is 2.05 bits per heavy atom. The molecule has 0 bridgehead atoms. The van der Waals surface area contributed by atoms with Crippen LogP contribution in [0.2, 0.25) is 0 Å². The van der Waals surface area contributed by atoms with Crippen LogP contribution in [-0.4, -0.2) is 59.8 Å². The number of carbonyl (C=O) groups excluding carboxylic acids is 2. The number of piperazine rings is 1. The predicted molar refractivity (Wildman–Crippen MR) is 70.2 cm³/mol. The van der Waals surface area contributed by atoms with Gasteiger partial charge in [0.15, 0.2) is 0 Å². The highest BCUT2D eigenvalue weighted by Crippen LogP contribution is 2.00. The summed E-state index contributed by atoms with van der Waals surface area (Å²) >= 11 is 0. The third-order valence-corrected chi connectivity index (χ3v) is 3.16. The number of nitrogens with one attached hydrogen (secondary N) is 1. The molecular formula is C13H18N4O2. The first-order valence-electron chi connectivity index (χ1n) is 6.31. The van der Waals surface area contributed by atoms with Gasteiger partial charge in [-0.1, -0.05) is 6.07 Å². The summed E-state index contributed by atoms with van der Waals surface area (Å²) in [6, 6.07) is 3.65. The van der Waals surface area contributed by atoms with Gasteiger partial charge in [-0.25, -0.2) is 0 Å². The van der Waals surface area contributed by atoms with Gasteiger partial charge in [0, 0.05) is 45.1 Å². The molecule has 1 saturated heterocycles. The van der Waals surface area contributed by atoms with E-state index in [9.17, 15) is 9.59 Å². The summed E-state index contributed by atoms with van der Waals surface area (Å²) in [5.74, 6) is -0.995. The van der Waals surface area contributed by atoms with E-state index in [-0.39, 0.29) is 0 Å². The van der Waals surface area contributed by atoms with Crippen LogP contribution < -0.4 is 5.32 Å². The van der Waals surface area contributed by atoms with Gasteiger partial charge in [0.05, 0.1) is 0 Å². The fraction of sp³-hybridized carbons (Fsp3) is 0.462. The molecule has 102 valence electrons. The molecule has 1 aliphatic heterocycles. The maximum absolute atomic E-state index is 11.9. The van der Waals surface area contributed by atoms with Crippen LogP contribution >= 0.6 is 0 Å². The molecule has 0 atom stereocenters. The number of likely N-dealkylation sites (N-methyl/N-ethyl adjacent to an activating group) is 1. The topological polar surface area (TPSA) is 65.5 Å². The van der Waals surface area contributed by atoms with E-state index in [1.165, 1.54) is 0 Å². The number of hydrogen-bond acceptors (Lipinski definition) is 4. The highest BCUT2D eigenvalue weighted by Gasteiger charge is 2.24. The number of aromatic nitrogens is 1. The fourth-order valence-corrected chi connectivity index (χ4v) is 1.91. The molecule has 6 nitrogen and oxygen atoms in total. The van der Waals surface area contributed by atoms with Crippen molar-refractivity contribution in [3.05, 3.63) is 30.1 Å². The first-order chi connectivity index (χ1) is 9.16. The average molecular weight is 262 g/mol. The lowest BCUT2D eigenvalue weighted by molar-refractivity contribution is -0.146. The van der Waals surface area contributed by atoms with Gasteiger partial charge < -0.3 is 15.1 Å². The molecule has 0 unspecified atom stereocenters. The second kappa shape index (κ2) is 6.29. The van der Waals surface area contributed by atoms with E-state index in [1.54, 1.807) is 23.4 Å². The quantitative estimate of drug-likeness (QED) is 0.728. The molecule has 0 aliphatic carbocycles. The molecule has 1 aromatic heterocycles. The summed E-state index contributed by atoms with van der Waals surface area (Å²) in [5.41, 5.74) is 0.877. The largest absolute Gasteiger partial charge is 0.344 e. The van der Waals surface area contributed by atoms with E-state index in [0.717, 1.165) is 18.7 Å². The normalized spacial score (nSPS) is 16.2. The number of amides is 2. The van der Waals surface area contributed by atoms with Crippen molar-refractivity contribution >= 4 is 11.8 Å². The molecule has 6 heteroatoms. The van der Waals surface area contributed by atoms with Crippen molar-refractivity contribution in [2.75, 3.05) is 33.2 Å². The van der Waals surface area contributed by atoms with Crippen LogP contribution in [0.25, 0.3) is 0 Å². The SMILES string of the molecule is CN1CCN(C(=O)C(=O)NCc2cccnc2)CC1. The zero-order valence-corrected chi connectivity index (χ0v) is 11.0. The maximum Gasteiger partial charge on any atom is 0.311 e. The Kier molecular flexibility index (Phi) is 4.46. The molecule has 1 aromatic rings. The minimum Gasteiger partial charge on any atom is -0.344 e. The van der Waals surface area contributed by atoms with Crippen LogP contribution in [0.4, 0.5) is 0 Å². The third kappa shape index (κ3) is 3.75. The van der Waals surface area contributed by atoms with E-state index in [2.05, 4.69) is 15.2 Å². The molecule has 0 radical (unpaired) electrons. The van der Waals surface area contributed by atoms with Gasteiger partial charge in [0.25, 0.3) is 0 Å². The van der Waals surface area contributed by atoms with E-state index < -0.39 is 11.8 Å². The van der Waals surface area contributed by atoms with Crippen LogP contribution in [0.1, 0.15) is 5.56 Å².